The van der Waals surface area contributed by atoms with Gasteiger partial charge in [0.15, 0.2) is 0 Å². The number of phenols is 2. The second-order valence-corrected chi connectivity index (χ2v) is 7.43. The van der Waals surface area contributed by atoms with Gasteiger partial charge >= 0.3 is 0 Å². The first-order valence-corrected chi connectivity index (χ1v) is 10.1. The maximum Gasteiger partial charge on any atom is 0.115 e. The van der Waals surface area contributed by atoms with E-state index >= 15 is 0 Å². The summed E-state index contributed by atoms with van der Waals surface area (Å²) in [6.45, 7) is 4.10. The molecule has 0 heterocycles. The van der Waals surface area contributed by atoms with Crippen LogP contribution >= 0.6 is 0 Å². The minimum absolute atomic E-state index is 0.201. The second-order valence-electron chi connectivity index (χ2n) is 7.43. The summed E-state index contributed by atoms with van der Waals surface area (Å²) < 4.78 is 0. The minimum Gasteiger partial charge on any atom is -0.508 e. The summed E-state index contributed by atoms with van der Waals surface area (Å²) in [5.74, 6) is 0.403. The van der Waals surface area contributed by atoms with Gasteiger partial charge in [-0.1, -0.05) is 12.1 Å². The van der Waals surface area contributed by atoms with Crippen LogP contribution in [0, 0.1) is 13.8 Å². The summed E-state index contributed by atoms with van der Waals surface area (Å²) in [7, 11) is 0. The number of phenolic OH excluding ortho intramolecular Hbond substituents is 2. The normalized spacial score (nSPS) is 11.4. The molecule has 0 atom stereocenters. The van der Waals surface area contributed by atoms with Gasteiger partial charge in [-0.05, 0) is 109 Å². The van der Waals surface area contributed by atoms with Crippen molar-refractivity contribution >= 4 is 22.7 Å². The maximum atomic E-state index is 9.36. The van der Waals surface area contributed by atoms with Gasteiger partial charge in [0.05, 0.1) is 22.7 Å². The monoisotopic (exact) mass is 422 g/mol. The lowest BCUT2D eigenvalue weighted by Gasteiger charge is -2.10. The average Bonchev–Trinajstić information content (AvgIpc) is 2.79. The van der Waals surface area contributed by atoms with Crippen LogP contribution in [0.15, 0.2) is 105 Å². The van der Waals surface area contributed by atoms with Crippen LogP contribution in [0.2, 0.25) is 0 Å². The van der Waals surface area contributed by atoms with Gasteiger partial charge in [0.1, 0.15) is 11.5 Å². The molecule has 0 saturated heterocycles. The standard InChI is InChI=1S/C26H22N4O2/c1-17-15-21(29-27-19-3-9-23(31)10-4-19)7-13-25(17)26-14-8-22(16-18(26)2)30-28-20-5-11-24(32)12-6-20/h3-16,31-32H,1-2H3. The van der Waals surface area contributed by atoms with E-state index in [4.69, 9.17) is 0 Å². The molecule has 0 aliphatic heterocycles. The Hall–Kier alpha value is -4.32. The topological polar surface area (TPSA) is 89.9 Å². The molecule has 4 rings (SSSR count). The zero-order chi connectivity index (χ0) is 22.5. The molecule has 6 heteroatoms. The van der Waals surface area contributed by atoms with Gasteiger partial charge in [0.25, 0.3) is 0 Å². The van der Waals surface area contributed by atoms with Gasteiger partial charge in [-0.3, -0.25) is 0 Å². The molecule has 0 aromatic heterocycles. The number of hydrogen-bond donors (Lipinski definition) is 2. The van der Waals surface area contributed by atoms with Crippen LogP contribution in [-0.4, -0.2) is 10.2 Å². The number of rotatable bonds is 5. The quantitative estimate of drug-likeness (QED) is 0.317. The highest BCUT2D eigenvalue weighted by molar-refractivity contribution is 5.73. The minimum atomic E-state index is 0.201. The fraction of sp³-hybridized carbons (Fsp3) is 0.0769. The van der Waals surface area contributed by atoms with Crippen molar-refractivity contribution in [2.24, 2.45) is 20.5 Å². The lowest BCUT2D eigenvalue weighted by atomic mass is 9.96. The van der Waals surface area contributed by atoms with Gasteiger partial charge in [-0.15, -0.1) is 0 Å². The first kappa shape index (κ1) is 20.9. The van der Waals surface area contributed by atoms with Crippen LogP contribution in [0.4, 0.5) is 22.7 Å². The van der Waals surface area contributed by atoms with Crippen molar-refractivity contribution in [2.75, 3.05) is 0 Å². The van der Waals surface area contributed by atoms with Crippen LogP contribution < -0.4 is 0 Å². The van der Waals surface area contributed by atoms with E-state index in [1.165, 1.54) is 0 Å². The van der Waals surface area contributed by atoms with Crippen LogP contribution in [-0.2, 0) is 0 Å². The molecule has 4 aromatic carbocycles. The number of nitrogens with zero attached hydrogens (tertiary/aromatic N) is 4. The summed E-state index contributed by atoms with van der Waals surface area (Å²) in [6.07, 6.45) is 0. The zero-order valence-corrected chi connectivity index (χ0v) is 17.8. The van der Waals surface area contributed by atoms with Gasteiger partial charge in [-0.25, -0.2) is 0 Å². The average molecular weight is 422 g/mol. The predicted molar refractivity (Wildman–Crippen MR) is 126 cm³/mol. The largest absolute Gasteiger partial charge is 0.508 e. The van der Waals surface area contributed by atoms with E-state index in [0.29, 0.717) is 11.4 Å². The van der Waals surface area contributed by atoms with E-state index in [0.717, 1.165) is 33.6 Å². The third-order valence-corrected chi connectivity index (χ3v) is 4.97. The van der Waals surface area contributed by atoms with Crippen molar-refractivity contribution in [2.45, 2.75) is 13.8 Å². The Morgan fingerprint density at radius 1 is 0.438 bits per heavy atom. The van der Waals surface area contributed by atoms with Crippen LogP contribution in [0.25, 0.3) is 11.1 Å². The molecule has 6 nitrogen and oxygen atoms in total. The SMILES string of the molecule is Cc1cc(N=Nc2ccc(O)cc2)ccc1-c1ccc(N=Nc2ccc(O)cc2)cc1C. The molecule has 0 aliphatic rings. The Bertz CT molecular complexity index is 1190. The Morgan fingerprint density at radius 3 is 1.09 bits per heavy atom. The first-order valence-electron chi connectivity index (χ1n) is 10.1. The molecular weight excluding hydrogens is 400 g/mol. The van der Waals surface area contributed by atoms with E-state index in [9.17, 15) is 10.2 Å². The smallest absolute Gasteiger partial charge is 0.115 e. The fourth-order valence-corrected chi connectivity index (χ4v) is 3.29. The molecule has 0 unspecified atom stereocenters. The van der Waals surface area contributed by atoms with Gasteiger partial charge in [0, 0.05) is 0 Å². The molecule has 2 N–H and O–H groups in total. The number of aromatic hydroxyl groups is 2. The lowest BCUT2D eigenvalue weighted by molar-refractivity contribution is 0.475. The van der Waals surface area contributed by atoms with Crippen molar-refractivity contribution in [1.82, 2.24) is 0 Å². The van der Waals surface area contributed by atoms with Crippen LogP contribution in [0.3, 0.4) is 0 Å². The van der Waals surface area contributed by atoms with E-state index in [1.54, 1.807) is 48.5 Å². The summed E-state index contributed by atoms with van der Waals surface area (Å²) in [5.41, 5.74) is 7.30. The first-order chi connectivity index (χ1) is 15.5. The third kappa shape index (κ3) is 5.05. The number of benzene rings is 4. The van der Waals surface area contributed by atoms with Crippen molar-refractivity contribution < 1.29 is 10.2 Å². The molecule has 0 aliphatic carbocycles. The molecule has 32 heavy (non-hydrogen) atoms. The molecule has 158 valence electrons. The molecule has 0 spiro atoms. The summed E-state index contributed by atoms with van der Waals surface area (Å²) in [5, 5.41) is 35.7. The fourth-order valence-electron chi connectivity index (χ4n) is 3.29. The van der Waals surface area contributed by atoms with Crippen LogP contribution in [0.1, 0.15) is 11.1 Å². The summed E-state index contributed by atoms with van der Waals surface area (Å²) in [4.78, 5) is 0. The molecule has 4 aromatic rings. The molecule has 0 saturated carbocycles. The highest BCUT2D eigenvalue weighted by Crippen LogP contribution is 2.32. The van der Waals surface area contributed by atoms with Crippen molar-refractivity contribution in [1.29, 1.82) is 0 Å². The van der Waals surface area contributed by atoms with E-state index < -0.39 is 0 Å². The highest BCUT2D eigenvalue weighted by atomic mass is 16.3. The molecular formula is C26H22N4O2. The van der Waals surface area contributed by atoms with Crippen molar-refractivity contribution in [3.63, 3.8) is 0 Å². The Balaban J connectivity index is 1.52. The van der Waals surface area contributed by atoms with Gasteiger partial charge in [0.2, 0.25) is 0 Å². The lowest BCUT2D eigenvalue weighted by Crippen LogP contribution is -1.86. The zero-order valence-electron chi connectivity index (χ0n) is 17.8. The van der Waals surface area contributed by atoms with Gasteiger partial charge < -0.3 is 10.2 Å². The predicted octanol–water partition coefficient (Wildman–Crippen LogP) is 8.21. The van der Waals surface area contributed by atoms with E-state index in [-0.39, 0.29) is 11.5 Å². The van der Waals surface area contributed by atoms with Crippen molar-refractivity contribution in [3.05, 3.63) is 96.1 Å². The molecule has 0 amide bonds. The number of hydrogen-bond acceptors (Lipinski definition) is 6. The van der Waals surface area contributed by atoms with E-state index in [1.807, 2.05) is 50.2 Å². The van der Waals surface area contributed by atoms with Crippen LogP contribution in [0.5, 0.6) is 11.5 Å². The third-order valence-electron chi connectivity index (χ3n) is 4.97. The molecule has 0 fully saturated rings. The summed E-state index contributed by atoms with van der Waals surface area (Å²) in [6, 6.07) is 25.1. The number of aryl methyl sites for hydroxylation is 2. The van der Waals surface area contributed by atoms with E-state index in [2.05, 4.69) is 20.5 Å². The molecule has 0 bridgehead atoms. The number of azo groups is 2. The second kappa shape index (κ2) is 9.22. The Kier molecular flexibility index (Phi) is 6.03. The Morgan fingerprint density at radius 2 is 0.750 bits per heavy atom. The van der Waals surface area contributed by atoms with Crippen molar-refractivity contribution in [3.8, 4) is 22.6 Å². The Labute approximate surface area is 186 Å². The van der Waals surface area contributed by atoms with Gasteiger partial charge in [-0.2, -0.15) is 20.5 Å². The molecule has 0 radical (unpaired) electrons. The summed E-state index contributed by atoms with van der Waals surface area (Å²) >= 11 is 0. The highest BCUT2D eigenvalue weighted by Gasteiger charge is 2.07. The maximum absolute atomic E-state index is 9.36.